The molecule has 0 spiro atoms. The number of nitrogens with one attached hydrogen (secondary N) is 1. The summed E-state index contributed by atoms with van der Waals surface area (Å²) in [7, 11) is 0. The van der Waals surface area contributed by atoms with Crippen molar-refractivity contribution in [1.82, 2.24) is 4.98 Å². The molecular formula is C16H9Cl2N. The van der Waals surface area contributed by atoms with Crippen LogP contribution in [0.25, 0.3) is 32.6 Å². The van der Waals surface area contributed by atoms with Gasteiger partial charge in [0.2, 0.25) is 0 Å². The molecule has 0 radical (unpaired) electrons. The molecule has 1 heterocycles. The lowest BCUT2D eigenvalue weighted by atomic mass is 10.1. The van der Waals surface area contributed by atoms with Gasteiger partial charge in [0, 0.05) is 31.9 Å². The van der Waals surface area contributed by atoms with Gasteiger partial charge in [0.05, 0.1) is 0 Å². The predicted octanol–water partition coefficient (Wildman–Crippen LogP) is 5.78. The third-order valence-electron chi connectivity index (χ3n) is 3.48. The van der Waals surface area contributed by atoms with Gasteiger partial charge in [0.1, 0.15) is 0 Å². The van der Waals surface area contributed by atoms with Crippen molar-refractivity contribution in [2.24, 2.45) is 0 Å². The zero-order chi connectivity index (χ0) is 13.0. The number of hydrogen-bond acceptors (Lipinski definition) is 0. The number of aromatic amines is 1. The van der Waals surface area contributed by atoms with Gasteiger partial charge in [0.15, 0.2) is 0 Å². The van der Waals surface area contributed by atoms with Crippen LogP contribution in [0.4, 0.5) is 0 Å². The molecule has 1 nitrogen and oxygen atoms in total. The van der Waals surface area contributed by atoms with Crippen LogP contribution in [0.1, 0.15) is 0 Å². The second-order valence-electron chi connectivity index (χ2n) is 4.70. The highest BCUT2D eigenvalue weighted by Gasteiger charge is 2.06. The summed E-state index contributed by atoms with van der Waals surface area (Å²) in [4.78, 5) is 3.40. The third-order valence-corrected chi connectivity index (χ3v) is 3.95. The van der Waals surface area contributed by atoms with E-state index in [1.54, 1.807) is 0 Å². The maximum atomic E-state index is 6.04. The Morgan fingerprint density at radius 2 is 1.37 bits per heavy atom. The predicted molar refractivity (Wildman–Crippen MR) is 83.3 cm³/mol. The van der Waals surface area contributed by atoms with E-state index >= 15 is 0 Å². The van der Waals surface area contributed by atoms with Gasteiger partial charge in [-0.1, -0.05) is 35.3 Å². The average Bonchev–Trinajstić information content (AvgIpc) is 2.72. The van der Waals surface area contributed by atoms with Crippen LogP contribution < -0.4 is 0 Å². The first kappa shape index (κ1) is 11.2. The summed E-state index contributed by atoms with van der Waals surface area (Å²) in [5, 5.41) is 6.22. The Kier molecular flexibility index (Phi) is 2.29. The minimum atomic E-state index is 0.742. The summed E-state index contributed by atoms with van der Waals surface area (Å²) in [5.41, 5.74) is 2.16. The van der Waals surface area contributed by atoms with E-state index in [0.717, 1.165) is 26.5 Å². The first-order valence-corrected chi connectivity index (χ1v) is 6.76. The number of rotatable bonds is 0. The first-order valence-electron chi connectivity index (χ1n) is 6.01. The second-order valence-corrected chi connectivity index (χ2v) is 5.58. The monoisotopic (exact) mass is 285 g/mol. The Bertz CT molecular complexity index is 929. The van der Waals surface area contributed by atoms with Gasteiger partial charge in [-0.3, -0.25) is 0 Å². The number of fused-ring (bicyclic) bond motifs is 4. The number of H-pyrrole nitrogens is 1. The molecule has 19 heavy (non-hydrogen) atoms. The van der Waals surface area contributed by atoms with Gasteiger partial charge in [-0.05, 0) is 47.2 Å². The molecule has 0 aliphatic carbocycles. The van der Waals surface area contributed by atoms with E-state index in [1.165, 1.54) is 16.2 Å². The minimum Gasteiger partial charge on any atom is -0.354 e. The van der Waals surface area contributed by atoms with Crippen molar-refractivity contribution >= 4 is 55.8 Å². The third kappa shape index (κ3) is 1.70. The lowest BCUT2D eigenvalue weighted by molar-refractivity contribution is 1.55. The summed E-state index contributed by atoms with van der Waals surface area (Å²) in [6.07, 6.45) is 0. The Morgan fingerprint density at radius 1 is 0.632 bits per heavy atom. The number of aromatic nitrogens is 1. The Hall–Kier alpha value is -1.70. The number of benzene rings is 3. The lowest BCUT2D eigenvalue weighted by Gasteiger charge is -1.99. The van der Waals surface area contributed by atoms with Crippen molar-refractivity contribution in [2.45, 2.75) is 0 Å². The lowest BCUT2D eigenvalue weighted by Crippen LogP contribution is -1.74. The number of hydrogen-bond donors (Lipinski definition) is 1. The van der Waals surface area contributed by atoms with E-state index in [2.05, 4.69) is 23.2 Å². The molecule has 0 amide bonds. The molecule has 0 atom stereocenters. The number of halogens is 2. The van der Waals surface area contributed by atoms with Crippen LogP contribution in [-0.4, -0.2) is 4.98 Å². The van der Waals surface area contributed by atoms with Crippen molar-refractivity contribution in [3.63, 3.8) is 0 Å². The van der Waals surface area contributed by atoms with Crippen molar-refractivity contribution < 1.29 is 0 Å². The standard InChI is InChI=1S/C16H9Cl2N/c17-11-2-1-9-6-14-13-4-3-12(18)8-16(13)19-15(14)7-10(9)5-11/h1-8,19H. The Labute approximate surface area is 119 Å². The molecule has 0 aliphatic heterocycles. The van der Waals surface area contributed by atoms with Gasteiger partial charge < -0.3 is 4.98 Å². The molecule has 1 N–H and O–H groups in total. The van der Waals surface area contributed by atoms with Gasteiger partial charge >= 0.3 is 0 Å². The van der Waals surface area contributed by atoms with Crippen LogP contribution in [0.15, 0.2) is 48.5 Å². The summed E-state index contributed by atoms with van der Waals surface area (Å²) >= 11 is 12.1. The van der Waals surface area contributed by atoms with E-state index in [-0.39, 0.29) is 0 Å². The van der Waals surface area contributed by atoms with E-state index in [0.29, 0.717) is 0 Å². The summed E-state index contributed by atoms with van der Waals surface area (Å²) < 4.78 is 0. The fourth-order valence-corrected chi connectivity index (χ4v) is 2.95. The van der Waals surface area contributed by atoms with Crippen molar-refractivity contribution in [3.8, 4) is 0 Å². The SMILES string of the molecule is Clc1ccc2cc3c(cc2c1)[nH]c1cc(Cl)ccc13. The summed E-state index contributed by atoms with van der Waals surface area (Å²) in [6.45, 7) is 0. The van der Waals surface area contributed by atoms with E-state index in [4.69, 9.17) is 23.2 Å². The molecule has 0 bridgehead atoms. The molecule has 4 aromatic rings. The fourth-order valence-electron chi connectivity index (χ4n) is 2.59. The average molecular weight is 286 g/mol. The van der Waals surface area contributed by atoms with Crippen LogP contribution >= 0.6 is 23.2 Å². The highest BCUT2D eigenvalue weighted by molar-refractivity contribution is 6.32. The van der Waals surface area contributed by atoms with Crippen molar-refractivity contribution in [3.05, 3.63) is 58.6 Å². The van der Waals surface area contributed by atoms with Crippen LogP contribution in [0.2, 0.25) is 10.0 Å². The van der Waals surface area contributed by atoms with E-state index in [9.17, 15) is 0 Å². The molecule has 3 heteroatoms. The molecule has 0 unspecified atom stereocenters. The highest BCUT2D eigenvalue weighted by atomic mass is 35.5. The molecule has 0 saturated carbocycles. The van der Waals surface area contributed by atoms with Gasteiger partial charge in [-0.2, -0.15) is 0 Å². The van der Waals surface area contributed by atoms with Gasteiger partial charge in [-0.15, -0.1) is 0 Å². The van der Waals surface area contributed by atoms with E-state index < -0.39 is 0 Å². The smallest absolute Gasteiger partial charge is 0.0479 e. The normalized spacial score (nSPS) is 11.7. The Balaban J connectivity index is 2.19. The molecule has 4 rings (SSSR count). The molecule has 1 aromatic heterocycles. The molecular weight excluding hydrogens is 277 g/mol. The maximum absolute atomic E-state index is 6.04. The summed E-state index contributed by atoms with van der Waals surface area (Å²) in [6, 6.07) is 16.2. The topological polar surface area (TPSA) is 15.8 Å². The molecule has 92 valence electrons. The second kappa shape index (κ2) is 3.89. The van der Waals surface area contributed by atoms with Crippen molar-refractivity contribution in [1.29, 1.82) is 0 Å². The van der Waals surface area contributed by atoms with Crippen LogP contribution in [0.3, 0.4) is 0 Å². The van der Waals surface area contributed by atoms with Crippen LogP contribution in [0, 0.1) is 0 Å². The molecule has 0 aliphatic rings. The zero-order valence-electron chi connectivity index (χ0n) is 9.87. The summed E-state index contributed by atoms with van der Waals surface area (Å²) in [5.74, 6) is 0. The quantitative estimate of drug-likeness (QED) is 0.421. The van der Waals surface area contributed by atoms with Crippen molar-refractivity contribution in [2.75, 3.05) is 0 Å². The largest absolute Gasteiger partial charge is 0.354 e. The maximum Gasteiger partial charge on any atom is 0.0479 e. The van der Waals surface area contributed by atoms with Crippen LogP contribution in [-0.2, 0) is 0 Å². The van der Waals surface area contributed by atoms with E-state index in [1.807, 2.05) is 30.3 Å². The fraction of sp³-hybridized carbons (Fsp3) is 0. The first-order chi connectivity index (χ1) is 9.20. The minimum absolute atomic E-state index is 0.742. The Morgan fingerprint density at radius 3 is 2.26 bits per heavy atom. The van der Waals surface area contributed by atoms with Gasteiger partial charge in [0.25, 0.3) is 0 Å². The molecule has 0 fully saturated rings. The van der Waals surface area contributed by atoms with Crippen LogP contribution in [0.5, 0.6) is 0 Å². The molecule has 3 aromatic carbocycles. The van der Waals surface area contributed by atoms with Gasteiger partial charge in [-0.25, -0.2) is 0 Å². The highest BCUT2D eigenvalue weighted by Crippen LogP contribution is 2.31. The zero-order valence-corrected chi connectivity index (χ0v) is 11.4. The molecule has 0 saturated heterocycles.